The minimum absolute atomic E-state index is 0.00510. The van der Waals surface area contributed by atoms with Gasteiger partial charge in [0.05, 0.1) is 11.5 Å². The number of benzene rings is 1. The van der Waals surface area contributed by atoms with Crippen molar-refractivity contribution in [3.05, 3.63) is 24.3 Å². The lowest BCUT2D eigenvalue weighted by molar-refractivity contribution is -0.121. The van der Waals surface area contributed by atoms with Gasteiger partial charge >= 0.3 is 0 Å². The highest BCUT2D eigenvalue weighted by atomic mass is 32.2. The Kier molecular flexibility index (Phi) is 6.59. The van der Waals surface area contributed by atoms with Gasteiger partial charge in [-0.2, -0.15) is 0 Å². The molecule has 0 bridgehead atoms. The Morgan fingerprint density at radius 1 is 1.33 bits per heavy atom. The van der Waals surface area contributed by atoms with Crippen molar-refractivity contribution in [3.8, 4) is 5.75 Å². The molecule has 0 heterocycles. The summed E-state index contributed by atoms with van der Waals surface area (Å²) in [6.07, 6.45) is 2.32. The van der Waals surface area contributed by atoms with E-state index >= 15 is 0 Å². The molecule has 1 amide bonds. The third-order valence-electron chi connectivity index (χ3n) is 3.85. The summed E-state index contributed by atoms with van der Waals surface area (Å²) in [4.78, 5) is 11.9. The summed E-state index contributed by atoms with van der Waals surface area (Å²) in [5, 5.41) is 2.74. The van der Waals surface area contributed by atoms with Gasteiger partial charge in [0.2, 0.25) is 15.9 Å². The van der Waals surface area contributed by atoms with Crippen LogP contribution in [0.1, 0.15) is 26.2 Å². The molecule has 1 atom stereocenters. The van der Waals surface area contributed by atoms with E-state index in [0.29, 0.717) is 24.8 Å². The first-order valence-electron chi connectivity index (χ1n) is 8.17. The number of nitrogens with one attached hydrogen (secondary N) is 2. The SMILES string of the molecule is CCOc1ccc(S(=O)(=O)NCCC(=O)NCC(N)C2CC2)cc1. The highest BCUT2D eigenvalue weighted by Gasteiger charge is 2.28. The van der Waals surface area contributed by atoms with Crippen molar-refractivity contribution < 1.29 is 17.9 Å². The predicted molar refractivity (Wildman–Crippen MR) is 91.1 cm³/mol. The third kappa shape index (κ3) is 5.77. The van der Waals surface area contributed by atoms with E-state index in [1.54, 1.807) is 12.1 Å². The standard InChI is InChI=1S/C16H25N3O4S/c1-2-23-13-5-7-14(8-6-13)24(21,22)19-10-9-16(20)18-11-15(17)12-3-4-12/h5-8,12,15,19H,2-4,9-11,17H2,1H3,(H,18,20). The van der Waals surface area contributed by atoms with Crippen LogP contribution >= 0.6 is 0 Å². The van der Waals surface area contributed by atoms with E-state index in [4.69, 9.17) is 10.5 Å². The van der Waals surface area contributed by atoms with Crippen LogP contribution in [0.4, 0.5) is 0 Å². The van der Waals surface area contributed by atoms with Crippen molar-refractivity contribution in [3.63, 3.8) is 0 Å². The summed E-state index contributed by atoms with van der Waals surface area (Å²) in [6.45, 7) is 2.85. The van der Waals surface area contributed by atoms with Gasteiger partial charge in [0.15, 0.2) is 0 Å². The second-order valence-electron chi connectivity index (χ2n) is 5.86. The number of rotatable bonds is 10. The van der Waals surface area contributed by atoms with E-state index in [1.807, 2.05) is 6.92 Å². The minimum Gasteiger partial charge on any atom is -0.494 e. The molecule has 1 aromatic carbocycles. The number of hydrogen-bond donors (Lipinski definition) is 3. The highest BCUT2D eigenvalue weighted by molar-refractivity contribution is 7.89. The van der Waals surface area contributed by atoms with E-state index in [9.17, 15) is 13.2 Å². The quantitative estimate of drug-likeness (QED) is 0.569. The van der Waals surface area contributed by atoms with Crippen molar-refractivity contribution in [1.29, 1.82) is 0 Å². The fourth-order valence-electron chi connectivity index (χ4n) is 2.28. The van der Waals surface area contributed by atoms with Gasteiger partial charge in [0.1, 0.15) is 5.75 Å². The Balaban J connectivity index is 1.74. The van der Waals surface area contributed by atoms with Crippen molar-refractivity contribution in [1.82, 2.24) is 10.0 Å². The van der Waals surface area contributed by atoms with E-state index in [-0.39, 0.29) is 29.8 Å². The molecule has 8 heteroatoms. The number of carbonyl (C=O) groups is 1. The molecule has 4 N–H and O–H groups in total. The maximum Gasteiger partial charge on any atom is 0.240 e. The zero-order valence-corrected chi connectivity index (χ0v) is 14.6. The smallest absolute Gasteiger partial charge is 0.240 e. The second kappa shape index (κ2) is 8.46. The van der Waals surface area contributed by atoms with Gasteiger partial charge in [-0.1, -0.05) is 0 Å². The Bertz CT molecular complexity index is 642. The molecule has 7 nitrogen and oxygen atoms in total. The molecular weight excluding hydrogens is 330 g/mol. The molecule has 0 aromatic heterocycles. The minimum atomic E-state index is -3.63. The molecule has 0 aliphatic heterocycles. The molecule has 1 fully saturated rings. The van der Waals surface area contributed by atoms with Gasteiger partial charge in [-0.15, -0.1) is 0 Å². The number of ether oxygens (including phenoxy) is 1. The van der Waals surface area contributed by atoms with Crippen molar-refractivity contribution in [2.24, 2.45) is 11.7 Å². The van der Waals surface area contributed by atoms with Crippen molar-refractivity contribution >= 4 is 15.9 Å². The zero-order chi connectivity index (χ0) is 17.6. The summed E-state index contributed by atoms with van der Waals surface area (Å²) < 4.78 is 32.0. The Labute approximate surface area is 143 Å². The van der Waals surface area contributed by atoms with Crippen LogP contribution < -0.4 is 20.5 Å². The monoisotopic (exact) mass is 355 g/mol. The summed E-state index contributed by atoms with van der Waals surface area (Å²) in [5.41, 5.74) is 5.90. The predicted octanol–water partition coefficient (Wildman–Crippen LogP) is 0.607. The molecule has 134 valence electrons. The van der Waals surface area contributed by atoms with Crippen LogP contribution in [0.2, 0.25) is 0 Å². The lowest BCUT2D eigenvalue weighted by Gasteiger charge is -2.12. The maximum absolute atomic E-state index is 12.1. The molecule has 1 aliphatic carbocycles. The normalized spacial score (nSPS) is 15.8. The third-order valence-corrected chi connectivity index (χ3v) is 5.33. The van der Waals surface area contributed by atoms with Crippen LogP contribution in [0.3, 0.4) is 0 Å². The van der Waals surface area contributed by atoms with E-state index < -0.39 is 10.0 Å². The number of carbonyl (C=O) groups excluding carboxylic acids is 1. The first-order chi connectivity index (χ1) is 11.4. The van der Waals surface area contributed by atoms with E-state index in [1.165, 1.54) is 12.1 Å². The lowest BCUT2D eigenvalue weighted by atomic mass is 10.2. The molecule has 1 aromatic rings. The number of nitrogens with two attached hydrogens (primary N) is 1. The van der Waals surface area contributed by atoms with Crippen LogP contribution in [0.15, 0.2) is 29.2 Å². The summed E-state index contributed by atoms with van der Waals surface area (Å²) in [5.74, 6) is 0.923. The molecule has 0 saturated heterocycles. The molecule has 2 rings (SSSR count). The van der Waals surface area contributed by atoms with Crippen LogP contribution in [0, 0.1) is 5.92 Å². The zero-order valence-electron chi connectivity index (χ0n) is 13.8. The average molecular weight is 355 g/mol. The molecule has 24 heavy (non-hydrogen) atoms. The lowest BCUT2D eigenvalue weighted by Crippen LogP contribution is -2.39. The topological polar surface area (TPSA) is 111 Å². The van der Waals surface area contributed by atoms with Gasteiger partial charge in [0.25, 0.3) is 0 Å². The summed E-state index contributed by atoms with van der Waals surface area (Å²) in [6, 6.07) is 6.15. The highest BCUT2D eigenvalue weighted by Crippen LogP contribution is 2.31. The number of hydrogen-bond acceptors (Lipinski definition) is 5. The van der Waals surface area contributed by atoms with Gasteiger partial charge < -0.3 is 15.8 Å². The molecule has 1 saturated carbocycles. The maximum atomic E-state index is 12.1. The van der Waals surface area contributed by atoms with E-state index in [2.05, 4.69) is 10.0 Å². The van der Waals surface area contributed by atoms with Crippen LogP contribution in [-0.2, 0) is 14.8 Å². The van der Waals surface area contributed by atoms with Gasteiger partial charge in [-0.3, -0.25) is 4.79 Å². The second-order valence-corrected chi connectivity index (χ2v) is 7.62. The first kappa shape index (κ1) is 18.7. The van der Waals surface area contributed by atoms with Crippen molar-refractivity contribution in [2.75, 3.05) is 19.7 Å². The fraction of sp³-hybridized carbons (Fsp3) is 0.562. The first-order valence-corrected chi connectivity index (χ1v) is 9.65. The van der Waals surface area contributed by atoms with Crippen molar-refractivity contribution in [2.45, 2.75) is 37.1 Å². The Morgan fingerprint density at radius 3 is 2.58 bits per heavy atom. The largest absolute Gasteiger partial charge is 0.494 e. The van der Waals surface area contributed by atoms with Crippen LogP contribution in [0.5, 0.6) is 5.75 Å². The Morgan fingerprint density at radius 2 is 2.00 bits per heavy atom. The van der Waals surface area contributed by atoms with Crippen LogP contribution in [0.25, 0.3) is 0 Å². The molecule has 0 spiro atoms. The van der Waals surface area contributed by atoms with Crippen LogP contribution in [-0.4, -0.2) is 40.1 Å². The summed E-state index contributed by atoms with van der Waals surface area (Å²) >= 11 is 0. The summed E-state index contributed by atoms with van der Waals surface area (Å²) in [7, 11) is -3.63. The Hall–Kier alpha value is -1.64. The van der Waals surface area contributed by atoms with Gasteiger partial charge in [-0.05, 0) is 49.9 Å². The van der Waals surface area contributed by atoms with E-state index in [0.717, 1.165) is 12.8 Å². The van der Waals surface area contributed by atoms with Gasteiger partial charge in [0, 0.05) is 25.6 Å². The molecule has 1 unspecified atom stereocenters. The molecular formula is C16H25N3O4S. The number of amides is 1. The van der Waals surface area contributed by atoms with Gasteiger partial charge in [-0.25, -0.2) is 13.1 Å². The number of sulfonamides is 1. The fourth-order valence-corrected chi connectivity index (χ4v) is 3.31. The molecule has 0 radical (unpaired) electrons. The average Bonchev–Trinajstić information content (AvgIpc) is 3.38. The molecule has 1 aliphatic rings.